The Bertz CT molecular complexity index is 1500. The molecule has 2 aromatic heterocycles. The Morgan fingerprint density at radius 3 is 1.98 bits per heavy atom. The average Bonchev–Trinajstić information content (AvgIpc) is 2.89. The average molecular weight is 597 g/mol. The van der Waals surface area contributed by atoms with E-state index in [1.807, 2.05) is 52.0 Å². The number of nitro groups is 2. The lowest BCUT2D eigenvalue weighted by molar-refractivity contribution is -0.385. The highest BCUT2D eigenvalue weighted by molar-refractivity contribution is 6.28. The van der Waals surface area contributed by atoms with Crippen LogP contribution in [0, 0.1) is 27.2 Å². The van der Waals surface area contributed by atoms with E-state index in [1.54, 1.807) is 24.3 Å². The quantitative estimate of drug-likeness (QED) is 0.119. The Morgan fingerprint density at radius 2 is 1.48 bits per heavy atom. The topological polar surface area (TPSA) is 202 Å². The number of nitrogens with two attached hydrogens (primary N) is 1. The Hall–Kier alpha value is -5.24. The van der Waals surface area contributed by atoms with Gasteiger partial charge in [0.25, 0.3) is 0 Å². The lowest BCUT2D eigenvalue weighted by atomic mass is 10.1. The number of nitrogens with zero attached hydrogens (tertiary/aromatic N) is 6. The number of halogens is 1. The van der Waals surface area contributed by atoms with Gasteiger partial charge >= 0.3 is 17.5 Å². The highest BCUT2D eigenvalue weighted by atomic mass is 35.5. The lowest BCUT2D eigenvalue weighted by Crippen LogP contribution is -2.27. The molecule has 2 aromatic carbocycles. The molecule has 0 saturated heterocycles. The second kappa shape index (κ2) is 15.5. The number of aryl methyl sites for hydroxylation is 1. The van der Waals surface area contributed by atoms with Crippen molar-refractivity contribution in [1.29, 1.82) is 0 Å². The van der Waals surface area contributed by atoms with E-state index in [0.29, 0.717) is 23.6 Å². The maximum atomic E-state index is 11.4. The molecule has 42 heavy (non-hydrogen) atoms. The molecule has 0 fully saturated rings. The number of anilines is 2. The molecule has 0 radical (unpaired) electrons. The van der Waals surface area contributed by atoms with Crippen molar-refractivity contribution in [3.8, 4) is 0 Å². The molecule has 14 nitrogen and oxygen atoms in total. The zero-order chi connectivity index (χ0) is 31.3. The van der Waals surface area contributed by atoms with Crippen molar-refractivity contribution >= 4 is 40.4 Å². The molecule has 0 aliphatic rings. The van der Waals surface area contributed by atoms with E-state index in [0.717, 1.165) is 18.0 Å². The first-order valence-electron chi connectivity index (χ1n) is 12.2. The van der Waals surface area contributed by atoms with Crippen LogP contribution in [0.1, 0.15) is 37.7 Å². The van der Waals surface area contributed by atoms with E-state index in [2.05, 4.69) is 25.3 Å². The SMILES string of the molecule is CC(C)(C)OC(=O)Nc1cccc(N)c1.Cc1cccc(Cc2ncc([N+](=O)[O-])cn2)c1.O=[N+]([O-])c1cnc(Cl)nc1. The number of ether oxygens (including phenoxy) is 1. The van der Waals surface area contributed by atoms with Gasteiger partial charge in [0.05, 0.1) is 9.85 Å². The summed E-state index contributed by atoms with van der Waals surface area (Å²) in [5.41, 5.74) is 8.32. The maximum absolute atomic E-state index is 11.4. The largest absolute Gasteiger partial charge is 0.444 e. The third kappa shape index (κ3) is 12.7. The summed E-state index contributed by atoms with van der Waals surface area (Å²) in [5, 5.41) is 23.0. The van der Waals surface area contributed by atoms with E-state index >= 15 is 0 Å². The number of carbonyl (C=O) groups is 1. The molecule has 0 unspecified atom stereocenters. The van der Waals surface area contributed by atoms with Gasteiger partial charge in [0.15, 0.2) is 0 Å². The van der Waals surface area contributed by atoms with Crippen molar-refractivity contribution < 1.29 is 19.4 Å². The molecule has 0 saturated carbocycles. The fraction of sp³-hybridized carbons (Fsp3) is 0.222. The highest BCUT2D eigenvalue weighted by Crippen LogP contribution is 2.14. The van der Waals surface area contributed by atoms with Crippen LogP contribution in [-0.4, -0.2) is 41.5 Å². The van der Waals surface area contributed by atoms with Gasteiger partial charge in [0.2, 0.25) is 5.28 Å². The number of benzene rings is 2. The smallest absolute Gasteiger partial charge is 0.412 e. The minimum Gasteiger partial charge on any atom is -0.444 e. The van der Waals surface area contributed by atoms with Crippen LogP contribution in [0.4, 0.5) is 27.5 Å². The van der Waals surface area contributed by atoms with Crippen LogP contribution in [-0.2, 0) is 11.2 Å². The Kier molecular flexibility index (Phi) is 12.2. The summed E-state index contributed by atoms with van der Waals surface area (Å²) in [7, 11) is 0. The van der Waals surface area contributed by atoms with Gasteiger partial charge in [-0.1, -0.05) is 35.9 Å². The fourth-order valence-corrected chi connectivity index (χ4v) is 3.07. The molecule has 0 aliphatic carbocycles. The minimum atomic E-state index is -0.587. The van der Waals surface area contributed by atoms with Crippen molar-refractivity contribution in [3.63, 3.8) is 0 Å². The van der Waals surface area contributed by atoms with Gasteiger partial charge in [-0.2, -0.15) is 0 Å². The molecule has 0 aliphatic heterocycles. The molecule has 3 N–H and O–H groups in total. The number of nitrogens with one attached hydrogen (secondary N) is 1. The van der Waals surface area contributed by atoms with Gasteiger partial charge in [0.1, 0.15) is 36.2 Å². The van der Waals surface area contributed by atoms with Crippen molar-refractivity contribution in [2.75, 3.05) is 11.1 Å². The predicted octanol–water partition coefficient (Wildman–Crippen LogP) is 5.94. The zero-order valence-corrected chi connectivity index (χ0v) is 24.0. The zero-order valence-electron chi connectivity index (χ0n) is 23.2. The van der Waals surface area contributed by atoms with E-state index < -0.39 is 21.5 Å². The molecule has 4 rings (SSSR count). The first-order chi connectivity index (χ1) is 19.7. The van der Waals surface area contributed by atoms with Crippen LogP contribution in [0.5, 0.6) is 0 Å². The number of aromatic nitrogens is 4. The van der Waals surface area contributed by atoms with E-state index in [1.165, 1.54) is 18.0 Å². The molecule has 2 heterocycles. The third-order valence-corrected chi connectivity index (χ3v) is 4.89. The summed E-state index contributed by atoms with van der Waals surface area (Å²) in [6.45, 7) is 7.45. The van der Waals surface area contributed by atoms with E-state index in [4.69, 9.17) is 22.1 Å². The first kappa shape index (κ1) is 33.0. The van der Waals surface area contributed by atoms with Crippen LogP contribution in [0.2, 0.25) is 5.28 Å². The Labute approximate surface area is 246 Å². The summed E-state index contributed by atoms with van der Waals surface area (Å²) in [4.78, 5) is 45.5. The monoisotopic (exact) mass is 596 g/mol. The molecule has 0 bridgehead atoms. The molecule has 1 amide bonds. The summed E-state index contributed by atoms with van der Waals surface area (Å²) in [6.07, 6.45) is 4.67. The van der Waals surface area contributed by atoms with Crippen molar-refractivity contribution in [2.24, 2.45) is 0 Å². The molecule has 220 valence electrons. The van der Waals surface area contributed by atoms with Gasteiger partial charge in [-0.3, -0.25) is 25.5 Å². The fourth-order valence-electron chi connectivity index (χ4n) is 2.98. The van der Waals surface area contributed by atoms with Crippen molar-refractivity contribution in [2.45, 2.75) is 39.7 Å². The number of hydrogen-bond acceptors (Lipinski definition) is 11. The summed E-state index contributed by atoms with van der Waals surface area (Å²) in [5.74, 6) is 0.584. The predicted molar refractivity (Wildman–Crippen MR) is 157 cm³/mol. The maximum Gasteiger partial charge on any atom is 0.412 e. The first-order valence-corrected chi connectivity index (χ1v) is 12.6. The van der Waals surface area contributed by atoms with Crippen LogP contribution in [0.25, 0.3) is 0 Å². The van der Waals surface area contributed by atoms with Crippen molar-refractivity contribution in [1.82, 2.24) is 19.9 Å². The van der Waals surface area contributed by atoms with Gasteiger partial charge in [-0.15, -0.1) is 0 Å². The van der Waals surface area contributed by atoms with Gasteiger partial charge in [0, 0.05) is 17.8 Å². The number of carbonyl (C=O) groups excluding carboxylic acids is 1. The Balaban J connectivity index is 0.000000228. The Morgan fingerprint density at radius 1 is 0.929 bits per heavy atom. The number of hydrogen-bond donors (Lipinski definition) is 2. The minimum absolute atomic E-state index is 0.00519. The summed E-state index contributed by atoms with van der Waals surface area (Å²) in [6, 6.07) is 14.9. The summed E-state index contributed by atoms with van der Waals surface area (Å²) >= 11 is 5.27. The normalized spacial score (nSPS) is 10.2. The molecule has 4 aromatic rings. The number of nitrogen functional groups attached to an aromatic ring is 1. The molecular weight excluding hydrogens is 568 g/mol. The third-order valence-electron chi connectivity index (χ3n) is 4.70. The van der Waals surface area contributed by atoms with Crippen LogP contribution >= 0.6 is 11.6 Å². The van der Waals surface area contributed by atoms with Gasteiger partial charge in [-0.05, 0) is 63.1 Å². The molecular formula is C27H29ClN8O6. The number of rotatable bonds is 5. The van der Waals surface area contributed by atoms with Crippen LogP contribution < -0.4 is 11.1 Å². The standard InChI is InChI=1S/C12H11N3O2.C11H16N2O2.C4H2ClN3O2/c1-9-3-2-4-10(5-9)6-12-13-7-11(8-14-12)15(16)17;1-11(2,3)15-10(14)13-9-6-4-5-8(12)7-9;5-4-6-1-3(2-7-4)8(9)10/h2-5,7-8H,6H2,1H3;4-7H,12H2,1-3H3,(H,13,14);1-2H. The second-order valence-electron chi connectivity index (χ2n) is 9.50. The van der Waals surface area contributed by atoms with Gasteiger partial charge < -0.3 is 10.5 Å². The van der Waals surface area contributed by atoms with Crippen molar-refractivity contribution in [3.05, 3.63) is 116 Å². The lowest BCUT2D eigenvalue weighted by Gasteiger charge is -2.19. The molecule has 0 atom stereocenters. The number of amides is 1. The van der Waals surface area contributed by atoms with E-state index in [9.17, 15) is 25.0 Å². The van der Waals surface area contributed by atoms with E-state index in [-0.39, 0.29) is 16.7 Å². The molecule has 15 heteroatoms. The second-order valence-corrected chi connectivity index (χ2v) is 9.84. The summed E-state index contributed by atoms with van der Waals surface area (Å²) < 4.78 is 5.09. The van der Waals surface area contributed by atoms with Gasteiger partial charge in [-0.25, -0.2) is 24.7 Å². The molecule has 0 spiro atoms. The highest BCUT2D eigenvalue weighted by Gasteiger charge is 2.16. The van der Waals surface area contributed by atoms with Crippen LogP contribution in [0.3, 0.4) is 0 Å². The van der Waals surface area contributed by atoms with Crippen LogP contribution in [0.15, 0.2) is 73.3 Å².